The van der Waals surface area contributed by atoms with Crippen molar-refractivity contribution in [3.05, 3.63) is 34.9 Å². The van der Waals surface area contributed by atoms with Crippen LogP contribution < -0.4 is 0 Å². The summed E-state index contributed by atoms with van der Waals surface area (Å²) in [5.74, 6) is 2.11. The Bertz CT molecular complexity index is 849. The summed E-state index contributed by atoms with van der Waals surface area (Å²) < 4.78 is 32.6. The molecule has 1 aromatic rings. The van der Waals surface area contributed by atoms with E-state index in [0.717, 1.165) is 48.4 Å². The fourth-order valence-corrected chi connectivity index (χ4v) is 6.16. The van der Waals surface area contributed by atoms with E-state index >= 15 is 0 Å². The monoisotopic (exact) mass is 377 g/mol. The molecule has 0 aromatic heterocycles. The van der Waals surface area contributed by atoms with Gasteiger partial charge in [0.1, 0.15) is 5.78 Å². The summed E-state index contributed by atoms with van der Waals surface area (Å²) in [4.78, 5) is 12.4. The van der Waals surface area contributed by atoms with Gasteiger partial charge in [-0.25, -0.2) is 0 Å². The summed E-state index contributed by atoms with van der Waals surface area (Å²) >= 11 is 0. The zero-order valence-electron chi connectivity index (χ0n) is 15.4. The topological polar surface area (TPSA) is 74.7 Å². The fourth-order valence-electron chi connectivity index (χ4n) is 5.84. The highest BCUT2D eigenvalue weighted by atomic mass is 32.2. The summed E-state index contributed by atoms with van der Waals surface area (Å²) in [7, 11) is -2.78. The van der Waals surface area contributed by atoms with Gasteiger partial charge in [0.05, 0.1) is 0 Å². The Morgan fingerprint density at radius 2 is 2.00 bits per heavy atom. The van der Waals surface area contributed by atoms with E-state index in [9.17, 15) is 13.2 Å². The lowest BCUT2D eigenvalue weighted by molar-refractivity contribution is -0.129. The number of hydrogen-bond acceptors (Lipinski definition) is 3. The van der Waals surface area contributed by atoms with E-state index in [1.807, 2.05) is 6.07 Å². The number of hydrogen-bond donors (Lipinski definition) is 1. The predicted octanol–water partition coefficient (Wildman–Crippen LogP) is 3.35. The molecular formula is C20H27NO4S. The SMILES string of the molecule is CN(Cc1ccc2c(c1)CC[C@@H]1[C@@H]2CC[C@]2(C)C(=O)CC[C@@H]12)S(=O)(=O)O. The van der Waals surface area contributed by atoms with Gasteiger partial charge in [0, 0.05) is 25.4 Å². The van der Waals surface area contributed by atoms with Gasteiger partial charge in [-0.05, 0) is 66.5 Å². The third-order valence-electron chi connectivity index (χ3n) is 7.30. The largest absolute Gasteiger partial charge is 0.335 e. The van der Waals surface area contributed by atoms with E-state index in [1.54, 1.807) is 0 Å². The molecule has 0 bridgehead atoms. The number of carbonyl (C=O) groups is 1. The zero-order valence-corrected chi connectivity index (χ0v) is 16.3. The molecular weight excluding hydrogens is 350 g/mol. The molecule has 3 aliphatic rings. The molecule has 0 spiro atoms. The maximum absolute atomic E-state index is 12.4. The third-order valence-corrected chi connectivity index (χ3v) is 8.22. The van der Waals surface area contributed by atoms with Crippen molar-refractivity contribution in [2.45, 2.75) is 57.9 Å². The molecule has 0 saturated heterocycles. The van der Waals surface area contributed by atoms with Crippen LogP contribution in [0.5, 0.6) is 0 Å². The van der Waals surface area contributed by atoms with Gasteiger partial charge in [0.25, 0.3) is 0 Å². The maximum atomic E-state index is 12.4. The van der Waals surface area contributed by atoms with Gasteiger partial charge >= 0.3 is 10.3 Å². The first-order valence-corrected chi connectivity index (χ1v) is 10.9. The Kier molecular flexibility index (Phi) is 4.29. The molecule has 5 nitrogen and oxygen atoms in total. The van der Waals surface area contributed by atoms with Crippen molar-refractivity contribution >= 4 is 16.1 Å². The highest BCUT2D eigenvalue weighted by molar-refractivity contribution is 7.83. The Balaban J connectivity index is 1.59. The minimum Gasteiger partial charge on any atom is -0.299 e. The standard InChI is InChI=1S/C20H27NO4S/c1-20-10-9-16-15-5-3-13(12-21(2)26(23,24)25)11-14(15)4-6-17(16)18(20)7-8-19(20)22/h3,5,11,16-18H,4,6-10,12H2,1-2H3,(H,23,24,25)/t16-,17-,18+,20+/m1/s1. The molecule has 0 unspecified atom stereocenters. The van der Waals surface area contributed by atoms with Gasteiger partial charge in [0.15, 0.2) is 0 Å². The Morgan fingerprint density at radius 1 is 1.23 bits per heavy atom. The maximum Gasteiger partial charge on any atom is 0.335 e. The molecule has 2 fully saturated rings. The zero-order chi connectivity index (χ0) is 18.7. The van der Waals surface area contributed by atoms with Crippen LogP contribution in [0.25, 0.3) is 0 Å². The number of ketones is 1. The number of Topliss-reactive ketones (excluding diaryl/α,β-unsaturated/α-hetero) is 1. The van der Waals surface area contributed by atoms with Crippen molar-refractivity contribution in [3.8, 4) is 0 Å². The second kappa shape index (κ2) is 6.14. The van der Waals surface area contributed by atoms with Crippen LogP contribution in [0.1, 0.15) is 61.6 Å². The van der Waals surface area contributed by atoms with Gasteiger partial charge in [-0.2, -0.15) is 12.7 Å². The first-order chi connectivity index (χ1) is 12.2. The van der Waals surface area contributed by atoms with E-state index in [4.69, 9.17) is 4.55 Å². The van der Waals surface area contributed by atoms with E-state index in [2.05, 4.69) is 19.1 Å². The molecule has 2 saturated carbocycles. The quantitative estimate of drug-likeness (QED) is 0.820. The lowest BCUT2D eigenvalue weighted by Crippen LogP contribution is -2.42. The highest BCUT2D eigenvalue weighted by Gasteiger charge is 2.54. The van der Waals surface area contributed by atoms with Crippen LogP contribution in [0.15, 0.2) is 18.2 Å². The molecule has 3 aliphatic carbocycles. The van der Waals surface area contributed by atoms with Crippen molar-refractivity contribution < 1.29 is 17.8 Å². The minimum absolute atomic E-state index is 0.100. The summed E-state index contributed by atoms with van der Waals surface area (Å²) in [6.45, 7) is 2.36. The van der Waals surface area contributed by atoms with Crippen LogP contribution in [0.3, 0.4) is 0 Å². The van der Waals surface area contributed by atoms with E-state index in [1.165, 1.54) is 18.2 Å². The molecule has 0 aliphatic heterocycles. The van der Waals surface area contributed by atoms with E-state index in [-0.39, 0.29) is 12.0 Å². The van der Waals surface area contributed by atoms with E-state index in [0.29, 0.717) is 23.5 Å². The molecule has 4 rings (SSSR count). The minimum atomic E-state index is -4.16. The number of benzene rings is 1. The van der Waals surface area contributed by atoms with E-state index < -0.39 is 10.3 Å². The molecule has 4 atom stereocenters. The number of fused-ring (bicyclic) bond motifs is 5. The average Bonchev–Trinajstić information content (AvgIpc) is 2.89. The van der Waals surface area contributed by atoms with Crippen molar-refractivity contribution in [1.29, 1.82) is 0 Å². The Labute approximate surface area is 155 Å². The lowest BCUT2D eigenvalue weighted by Gasteiger charge is -2.48. The predicted molar refractivity (Wildman–Crippen MR) is 99.1 cm³/mol. The normalized spacial score (nSPS) is 33.7. The summed E-state index contributed by atoms with van der Waals surface area (Å²) in [5, 5.41) is 0. The number of rotatable bonds is 3. The van der Waals surface area contributed by atoms with Crippen molar-refractivity contribution in [3.63, 3.8) is 0 Å². The van der Waals surface area contributed by atoms with Crippen LogP contribution in [-0.2, 0) is 28.1 Å². The molecule has 1 N–H and O–H groups in total. The second-order valence-electron chi connectivity index (χ2n) is 8.60. The molecule has 6 heteroatoms. The van der Waals surface area contributed by atoms with Crippen LogP contribution in [0.2, 0.25) is 0 Å². The van der Waals surface area contributed by atoms with Gasteiger partial charge in [-0.3, -0.25) is 9.35 Å². The fraction of sp³-hybridized carbons (Fsp3) is 0.650. The summed E-state index contributed by atoms with van der Waals surface area (Å²) in [5.41, 5.74) is 3.50. The number of aryl methyl sites for hydroxylation is 1. The molecule has 142 valence electrons. The van der Waals surface area contributed by atoms with Crippen LogP contribution in [0.4, 0.5) is 0 Å². The molecule has 0 radical (unpaired) electrons. The molecule has 26 heavy (non-hydrogen) atoms. The second-order valence-corrected chi connectivity index (χ2v) is 10.1. The molecule has 1 aromatic carbocycles. The number of nitrogens with zero attached hydrogens (tertiary/aromatic N) is 1. The third kappa shape index (κ3) is 2.83. The first-order valence-electron chi connectivity index (χ1n) is 9.54. The van der Waals surface area contributed by atoms with Gasteiger partial charge in [0.2, 0.25) is 0 Å². The summed E-state index contributed by atoms with van der Waals surface area (Å²) in [6, 6.07) is 6.23. The highest BCUT2D eigenvalue weighted by Crippen LogP contribution is 2.59. The van der Waals surface area contributed by atoms with Gasteiger partial charge in [-0.15, -0.1) is 0 Å². The average molecular weight is 378 g/mol. The van der Waals surface area contributed by atoms with Crippen molar-refractivity contribution in [1.82, 2.24) is 4.31 Å². The first kappa shape index (κ1) is 18.1. The number of carbonyl (C=O) groups excluding carboxylic acids is 1. The van der Waals surface area contributed by atoms with Crippen LogP contribution in [0, 0.1) is 17.3 Å². The Hall–Kier alpha value is -1.24. The lowest BCUT2D eigenvalue weighted by atomic mass is 9.55. The molecule has 0 amide bonds. The smallest absolute Gasteiger partial charge is 0.299 e. The Morgan fingerprint density at radius 3 is 2.73 bits per heavy atom. The van der Waals surface area contributed by atoms with Gasteiger partial charge < -0.3 is 0 Å². The summed E-state index contributed by atoms with van der Waals surface area (Å²) in [6.07, 6.45) is 5.95. The van der Waals surface area contributed by atoms with Crippen molar-refractivity contribution in [2.75, 3.05) is 7.05 Å². The van der Waals surface area contributed by atoms with Crippen molar-refractivity contribution in [2.24, 2.45) is 17.3 Å². The van der Waals surface area contributed by atoms with Crippen LogP contribution >= 0.6 is 0 Å². The van der Waals surface area contributed by atoms with Gasteiger partial charge in [-0.1, -0.05) is 25.1 Å². The molecule has 0 heterocycles. The van der Waals surface area contributed by atoms with Crippen LogP contribution in [-0.4, -0.2) is 30.1 Å².